The van der Waals surface area contributed by atoms with Crippen molar-refractivity contribution in [3.05, 3.63) is 51.8 Å². The van der Waals surface area contributed by atoms with Crippen LogP contribution in [-0.2, 0) is 21.0 Å². The number of aromatic nitrogens is 1. The van der Waals surface area contributed by atoms with Gasteiger partial charge in [-0.05, 0) is 23.3 Å². The van der Waals surface area contributed by atoms with E-state index in [0.717, 1.165) is 12.1 Å². The predicted octanol–water partition coefficient (Wildman–Crippen LogP) is 4.25. The molecule has 0 bridgehead atoms. The second-order valence-electron chi connectivity index (χ2n) is 5.62. The topological polar surface area (TPSA) is 48.3 Å². The largest absolute Gasteiger partial charge is 0.467 e. The molecule has 1 aromatic carbocycles. The second-order valence-corrected chi connectivity index (χ2v) is 7.19. The average Bonchev–Trinajstić information content (AvgIpc) is 3.05. The zero-order valence-corrected chi connectivity index (χ0v) is 15.9. The highest BCUT2D eigenvalue weighted by Crippen LogP contribution is 2.42. The number of hydrogen-bond donors (Lipinski definition) is 0. The van der Waals surface area contributed by atoms with Crippen molar-refractivity contribution in [3.63, 3.8) is 0 Å². The van der Waals surface area contributed by atoms with E-state index in [0.29, 0.717) is 32.8 Å². The van der Waals surface area contributed by atoms with Crippen LogP contribution in [0.25, 0.3) is 11.1 Å². The molecule has 0 radical (unpaired) electrons. The lowest BCUT2D eigenvalue weighted by Gasteiger charge is -2.17. The first-order valence-electron chi connectivity index (χ1n) is 7.50. The fourth-order valence-electron chi connectivity index (χ4n) is 2.89. The van der Waals surface area contributed by atoms with Crippen LogP contribution in [-0.4, -0.2) is 23.4 Å². The smallest absolute Gasteiger partial charge is 0.416 e. The number of hydrogen-bond acceptors (Lipinski definition) is 4. The number of halogens is 4. The highest BCUT2D eigenvalue weighted by atomic mass is 79.9. The van der Waals surface area contributed by atoms with Gasteiger partial charge >= 0.3 is 12.1 Å². The van der Waals surface area contributed by atoms with Crippen molar-refractivity contribution in [1.82, 2.24) is 4.57 Å². The van der Waals surface area contributed by atoms with Crippen molar-refractivity contribution in [2.24, 2.45) is 0 Å². The van der Waals surface area contributed by atoms with E-state index in [4.69, 9.17) is 4.74 Å². The Labute approximate surface area is 159 Å². The maximum atomic E-state index is 13.1. The normalized spacial score (nSPS) is 16.4. The van der Waals surface area contributed by atoms with Crippen LogP contribution in [0.5, 0.6) is 0 Å². The Kier molecular flexibility index (Phi) is 5.21. The highest BCUT2D eigenvalue weighted by molar-refractivity contribution is 9.08. The molecular formula is C17H13BrF3NO3S. The first-order valence-corrected chi connectivity index (χ1v) is 9.61. The van der Waals surface area contributed by atoms with Gasteiger partial charge < -0.3 is 4.74 Å². The number of pyridine rings is 1. The molecule has 0 fully saturated rings. The van der Waals surface area contributed by atoms with E-state index < -0.39 is 23.8 Å². The molecule has 0 saturated carbocycles. The quantitative estimate of drug-likeness (QED) is 0.521. The molecule has 1 aliphatic rings. The predicted molar refractivity (Wildman–Crippen MR) is 95.5 cm³/mol. The lowest BCUT2D eigenvalue weighted by Crippen LogP contribution is -2.29. The molecule has 0 amide bonds. The van der Waals surface area contributed by atoms with Gasteiger partial charge in [-0.25, -0.2) is 4.79 Å². The van der Waals surface area contributed by atoms with Gasteiger partial charge in [-0.15, -0.1) is 11.8 Å². The van der Waals surface area contributed by atoms with E-state index in [1.807, 2.05) is 0 Å². The molecule has 1 atom stereocenters. The van der Waals surface area contributed by atoms with Crippen LogP contribution in [0.4, 0.5) is 13.2 Å². The summed E-state index contributed by atoms with van der Waals surface area (Å²) in [6.07, 6.45) is -4.47. The van der Waals surface area contributed by atoms with Crippen LogP contribution in [0.3, 0.4) is 0 Å². The van der Waals surface area contributed by atoms with Crippen molar-refractivity contribution in [1.29, 1.82) is 0 Å². The van der Waals surface area contributed by atoms with Crippen LogP contribution in [0.1, 0.15) is 17.2 Å². The van der Waals surface area contributed by atoms with Gasteiger partial charge in [-0.2, -0.15) is 13.2 Å². The Hall–Kier alpha value is -1.74. The van der Waals surface area contributed by atoms with Gasteiger partial charge in [-0.1, -0.05) is 28.1 Å². The Balaban J connectivity index is 2.25. The number of esters is 1. The van der Waals surface area contributed by atoms with Crippen LogP contribution in [0, 0.1) is 0 Å². The molecule has 0 unspecified atom stereocenters. The SMILES string of the molecule is COC(=O)[C@@H]1CSc2c(-c3cccc(C(F)(F)F)c3)c(CBr)cc(=O)n21. The molecule has 0 spiro atoms. The third-order valence-electron chi connectivity index (χ3n) is 4.07. The van der Waals surface area contributed by atoms with Crippen molar-refractivity contribution in [2.75, 3.05) is 12.9 Å². The van der Waals surface area contributed by atoms with E-state index >= 15 is 0 Å². The van der Waals surface area contributed by atoms with Crippen molar-refractivity contribution < 1.29 is 22.7 Å². The van der Waals surface area contributed by atoms with Crippen molar-refractivity contribution >= 4 is 33.7 Å². The molecule has 9 heteroatoms. The zero-order chi connectivity index (χ0) is 19.1. The minimum absolute atomic E-state index is 0.291. The molecule has 0 aliphatic carbocycles. The number of nitrogens with zero attached hydrogens (tertiary/aromatic N) is 1. The summed E-state index contributed by atoms with van der Waals surface area (Å²) in [5.41, 5.74) is 0.275. The third-order valence-corrected chi connectivity index (χ3v) is 5.84. The van der Waals surface area contributed by atoms with Gasteiger partial charge in [0.15, 0.2) is 0 Å². The van der Waals surface area contributed by atoms with Crippen LogP contribution >= 0.6 is 27.7 Å². The van der Waals surface area contributed by atoms with Gasteiger partial charge in [0.1, 0.15) is 6.04 Å². The van der Waals surface area contributed by atoms with Crippen LogP contribution in [0.15, 0.2) is 40.2 Å². The van der Waals surface area contributed by atoms with Crippen LogP contribution in [0.2, 0.25) is 0 Å². The lowest BCUT2D eigenvalue weighted by molar-refractivity contribution is -0.144. The zero-order valence-electron chi connectivity index (χ0n) is 13.5. The maximum absolute atomic E-state index is 13.1. The molecule has 138 valence electrons. The molecule has 1 aliphatic heterocycles. The molecule has 3 rings (SSSR count). The molecule has 0 N–H and O–H groups in total. The first-order chi connectivity index (χ1) is 12.3. The summed E-state index contributed by atoms with van der Waals surface area (Å²) < 4.78 is 45.3. The fourth-order valence-corrected chi connectivity index (χ4v) is 4.69. The summed E-state index contributed by atoms with van der Waals surface area (Å²) in [6.45, 7) is 0. The van der Waals surface area contributed by atoms with Gasteiger partial charge in [0, 0.05) is 22.7 Å². The van der Waals surface area contributed by atoms with E-state index in [2.05, 4.69) is 15.9 Å². The Morgan fingerprint density at radius 2 is 2.12 bits per heavy atom. The van der Waals surface area contributed by atoms with Gasteiger partial charge in [-0.3, -0.25) is 9.36 Å². The summed E-state index contributed by atoms with van der Waals surface area (Å²) in [6, 6.07) is 5.50. The van der Waals surface area contributed by atoms with Crippen LogP contribution < -0.4 is 5.56 Å². The summed E-state index contributed by atoms with van der Waals surface area (Å²) in [5.74, 6) is -0.264. The number of benzene rings is 1. The summed E-state index contributed by atoms with van der Waals surface area (Å²) >= 11 is 4.55. The van der Waals surface area contributed by atoms with Gasteiger partial charge in [0.25, 0.3) is 5.56 Å². The number of ether oxygens (including phenoxy) is 1. The number of thioether (sulfide) groups is 1. The molecular weight excluding hydrogens is 435 g/mol. The molecule has 1 aromatic heterocycles. The van der Waals surface area contributed by atoms with E-state index in [-0.39, 0.29) is 5.56 Å². The van der Waals surface area contributed by atoms with Gasteiger partial charge in [0.2, 0.25) is 0 Å². The summed E-state index contributed by atoms with van der Waals surface area (Å²) in [7, 11) is 1.23. The Morgan fingerprint density at radius 3 is 2.73 bits per heavy atom. The fraction of sp³-hybridized carbons (Fsp3) is 0.294. The number of fused-ring (bicyclic) bond motifs is 1. The highest BCUT2D eigenvalue weighted by Gasteiger charge is 2.35. The molecule has 4 nitrogen and oxygen atoms in total. The van der Waals surface area contributed by atoms with E-state index in [1.54, 1.807) is 6.07 Å². The van der Waals surface area contributed by atoms with Crippen molar-refractivity contribution in [2.45, 2.75) is 22.6 Å². The monoisotopic (exact) mass is 447 g/mol. The van der Waals surface area contributed by atoms with E-state index in [1.165, 1.54) is 35.6 Å². The standard InChI is InChI=1S/C17H13BrF3NO3S/c1-25-16(24)12-8-26-15-14(10(7-18)6-13(23)22(12)15)9-3-2-4-11(5-9)17(19,20)21/h2-6,12H,7-8H2,1H3/t12-/m0/s1. The molecule has 26 heavy (non-hydrogen) atoms. The number of rotatable bonds is 3. The number of alkyl halides is 4. The third kappa shape index (κ3) is 3.29. The summed E-state index contributed by atoms with van der Waals surface area (Å²) in [4.78, 5) is 24.4. The Morgan fingerprint density at radius 1 is 1.38 bits per heavy atom. The average molecular weight is 448 g/mol. The number of carbonyl (C=O) groups excluding carboxylic acids is 1. The molecule has 0 saturated heterocycles. The second kappa shape index (κ2) is 7.11. The Bertz CT molecular complexity index is 926. The minimum atomic E-state index is -4.47. The molecule has 2 aromatic rings. The van der Waals surface area contributed by atoms with Gasteiger partial charge in [0.05, 0.1) is 17.7 Å². The van der Waals surface area contributed by atoms with Crippen molar-refractivity contribution in [3.8, 4) is 11.1 Å². The number of methoxy groups -OCH3 is 1. The lowest BCUT2D eigenvalue weighted by atomic mass is 10.00. The number of carbonyl (C=O) groups is 1. The maximum Gasteiger partial charge on any atom is 0.416 e. The minimum Gasteiger partial charge on any atom is -0.467 e. The summed E-state index contributed by atoms with van der Waals surface area (Å²) in [5, 5.41) is 0.771. The first kappa shape index (κ1) is 19.0. The molecule has 2 heterocycles. The van der Waals surface area contributed by atoms with E-state index in [9.17, 15) is 22.8 Å².